The van der Waals surface area contributed by atoms with Crippen molar-refractivity contribution in [1.29, 1.82) is 0 Å². The van der Waals surface area contributed by atoms with Crippen molar-refractivity contribution >= 4 is 22.1 Å². The summed E-state index contributed by atoms with van der Waals surface area (Å²) in [7, 11) is 0.286. The Morgan fingerprint density at radius 3 is 2.35 bits per heavy atom. The third-order valence-corrected chi connectivity index (χ3v) is 3.02. The Bertz CT molecular complexity index is 402. The maximum atomic E-state index is 12.2. The third kappa shape index (κ3) is 6.18. The average molecular weight is 303 g/mol. The van der Waals surface area contributed by atoms with Crippen LogP contribution in [0.5, 0.6) is 0 Å². The van der Waals surface area contributed by atoms with Gasteiger partial charge in [0.25, 0.3) is 0 Å². The average Bonchev–Trinajstić information content (AvgIpc) is 2.29. The molecule has 0 N–H and O–H groups in total. The molecule has 0 saturated heterocycles. The molecule has 7 heteroatoms. The zero-order chi connectivity index (χ0) is 15.9. The molecule has 0 aliphatic heterocycles. The van der Waals surface area contributed by atoms with Crippen LogP contribution in [0.1, 0.15) is 34.1 Å². The van der Waals surface area contributed by atoms with Crippen LogP contribution in [0.25, 0.3) is 0 Å². The molecule has 0 aromatic heterocycles. The normalized spacial score (nSPS) is 13.6. The zero-order valence-electron chi connectivity index (χ0n) is 13.2. The van der Waals surface area contributed by atoms with Crippen LogP contribution in [0, 0.1) is 0 Å². The smallest absolute Gasteiger partial charge is 0.429 e. The van der Waals surface area contributed by atoms with Gasteiger partial charge in [-0.2, -0.15) is 0 Å². The highest BCUT2D eigenvalue weighted by atomic mass is 32.2. The van der Waals surface area contributed by atoms with Crippen LogP contribution in [-0.2, 0) is 15.5 Å². The predicted molar refractivity (Wildman–Crippen MR) is 82.7 cm³/mol. The second kappa shape index (κ2) is 8.04. The van der Waals surface area contributed by atoms with Gasteiger partial charge >= 0.3 is 6.09 Å². The summed E-state index contributed by atoms with van der Waals surface area (Å²) in [5.41, 5.74) is -0.592. The summed E-state index contributed by atoms with van der Waals surface area (Å²) in [6, 6.07) is 0. The van der Waals surface area contributed by atoms with E-state index >= 15 is 0 Å². The quantitative estimate of drug-likeness (QED) is 0.456. The minimum atomic E-state index is -1.34. The van der Waals surface area contributed by atoms with E-state index in [0.29, 0.717) is 6.54 Å². The summed E-state index contributed by atoms with van der Waals surface area (Å²) in [6.45, 7) is 11.3. The molecule has 0 heterocycles. The molecule has 0 aromatic rings. The number of rotatable bonds is 3. The summed E-state index contributed by atoms with van der Waals surface area (Å²) >= 11 is 0. The van der Waals surface area contributed by atoms with E-state index in [9.17, 15) is 9.00 Å². The van der Waals surface area contributed by atoms with E-state index in [1.165, 1.54) is 22.5 Å². The Hall–Kier alpha value is -1.37. The molecular weight excluding hydrogens is 278 g/mol. The third-order valence-electron chi connectivity index (χ3n) is 2.14. The molecule has 0 rings (SSSR count). The first-order valence-electron chi connectivity index (χ1n) is 6.40. The lowest BCUT2D eigenvalue weighted by Gasteiger charge is -2.34. The molecular formula is C13H25N3O3S. The van der Waals surface area contributed by atoms with Gasteiger partial charge in [0.2, 0.25) is 5.17 Å². The van der Waals surface area contributed by atoms with E-state index < -0.39 is 22.5 Å². The van der Waals surface area contributed by atoms with Crippen molar-refractivity contribution in [3.63, 3.8) is 0 Å². The lowest BCUT2D eigenvalue weighted by Crippen LogP contribution is -2.50. The number of carbonyl (C=O) groups is 1. The first-order chi connectivity index (χ1) is 9.14. The summed E-state index contributed by atoms with van der Waals surface area (Å²) < 4.78 is 17.1. The minimum absolute atomic E-state index is 0.249. The highest BCUT2D eigenvalue weighted by molar-refractivity contribution is 7.99. The van der Waals surface area contributed by atoms with Gasteiger partial charge < -0.3 is 4.74 Å². The number of amides is 1. The Kier molecular flexibility index (Phi) is 7.49. The van der Waals surface area contributed by atoms with Crippen molar-refractivity contribution in [2.45, 2.75) is 39.7 Å². The van der Waals surface area contributed by atoms with Crippen LogP contribution >= 0.6 is 0 Å². The van der Waals surface area contributed by atoms with Crippen LogP contribution in [0.15, 0.2) is 17.8 Å². The van der Waals surface area contributed by atoms with Crippen molar-refractivity contribution in [3.8, 4) is 0 Å². The van der Waals surface area contributed by atoms with E-state index in [1.54, 1.807) is 27.8 Å². The number of amidine groups is 1. The largest absolute Gasteiger partial charge is 0.442 e. The van der Waals surface area contributed by atoms with Crippen molar-refractivity contribution in [2.75, 3.05) is 19.8 Å². The second-order valence-corrected chi connectivity index (χ2v) is 6.45. The van der Waals surface area contributed by atoms with Crippen molar-refractivity contribution < 1.29 is 13.7 Å². The van der Waals surface area contributed by atoms with Gasteiger partial charge in [-0.3, -0.25) is 9.22 Å². The van der Waals surface area contributed by atoms with Crippen LogP contribution in [0.4, 0.5) is 4.79 Å². The molecule has 0 radical (unpaired) electrons. The first-order valence-corrected chi connectivity index (χ1v) is 7.96. The summed E-state index contributed by atoms with van der Waals surface area (Å²) in [5, 5.41) is 3.09. The monoisotopic (exact) mass is 303 g/mol. The number of ether oxygens (including phenoxy) is 1. The molecule has 1 amide bonds. The molecule has 0 fully saturated rings. The Morgan fingerprint density at radius 2 is 2.00 bits per heavy atom. The number of hydrogen-bond donors (Lipinski definition) is 0. The lowest BCUT2D eigenvalue weighted by molar-refractivity contribution is -0.0121. The Labute approximate surface area is 123 Å². The van der Waals surface area contributed by atoms with Gasteiger partial charge in [0.05, 0.1) is 10.8 Å². The van der Waals surface area contributed by atoms with Gasteiger partial charge in [-0.05, 0) is 27.2 Å². The molecule has 20 heavy (non-hydrogen) atoms. The maximum Gasteiger partial charge on any atom is 0.429 e. The number of hydrazine groups is 1. The molecule has 0 aromatic carbocycles. The van der Waals surface area contributed by atoms with E-state index in [2.05, 4.69) is 11.6 Å². The molecule has 0 spiro atoms. The summed E-state index contributed by atoms with van der Waals surface area (Å²) in [6.07, 6.45) is 3.04. The molecule has 6 nitrogen and oxygen atoms in total. The van der Waals surface area contributed by atoms with Crippen molar-refractivity contribution in [2.24, 2.45) is 4.99 Å². The molecule has 1 unspecified atom stereocenters. The highest BCUT2D eigenvalue weighted by Gasteiger charge is 2.27. The van der Waals surface area contributed by atoms with Crippen LogP contribution in [0.3, 0.4) is 0 Å². The molecule has 0 aliphatic rings. The van der Waals surface area contributed by atoms with Gasteiger partial charge in [0.15, 0.2) is 0 Å². The fourth-order valence-corrected chi connectivity index (χ4v) is 2.11. The number of aliphatic imine (C=N–C) groups is 1. The van der Waals surface area contributed by atoms with Gasteiger partial charge in [0.1, 0.15) is 5.60 Å². The number of hydrogen-bond acceptors (Lipinski definition) is 4. The SMILES string of the molecule is C=CN=C(N(C)N(CCC)C(=O)OC(C)(C)C)S(C)=O. The molecule has 1 atom stereocenters. The van der Waals surface area contributed by atoms with Gasteiger partial charge in [0, 0.05) is 26.0 Å². The molecule has 116 valence electrons. The van der Waals surface area contributed by atoms with Gasteiger partial charge in [-0.15, -0.1) is 0 Å². The fourth-order valence-electron chi connectivity index (χ4n) is 1.42. The Morgan fingerprint density at radius 1 is 1.45 bits per heavy atom. The summed E-state index contributed by atoms with van der Waals surface area (Å²) in [5.74, 6) is 0. The molecule has 0 bridgehead atoms. The van der Waals surface area contributed by atoms with Crippen LogP contribution < -0.4 is 0 Å². The fraction of sp³-hybridized carbons (Fsp3) is 0.692. The Balaban J connectivity index is 5.25. The van der Waals surface area contributed by atoms with E-state index in [0.717, 1.165) is 6.42 Å². The van der Waals surface area contributed by atoms with Gasteiger partial charge in [-0.25, -0.2) is 14.8 Å². The predicted octanol–water partition coefficient (Wildman–Crippen LogP) is 2.36. The number of carbonyl (C=O) groups excluding carboxylic acids is 1. The second-order valence-electron chi connectivity index (χ2n) is 5.18. The van der Waals surface area contributed by atoms with Crippen LogP contribution in [-0.4, -0.2) is 50.9 Å². The van der Waals surface area contributed by atoms with Gasteiger partial charge in [-0.1, -0.05) is 13.5 Å². The maximum absolute atomic E-state index is 12.2. The lowest BCUT2D eigenvalue weighted by atomic mass is 10.2. The van der Waals surface area contributed by atoms with Crippen molar-refractivity contribution in [1.82, 2.24) is 10.0 Å². The van der Waals surface area contributed by atoms with Crippen molar-refractivity contribution in [3.05, 3.63) is 12.8 Å². The van der Waals surface area contributed by atoms with E-state index in [1.807, 2.05) is 6.92 Å². The van der Waals surface area contributed by atoms with E-state index in [4.69, 9.17) is 4.74 Å². The standard InChI is InChI=1S/C13H25N3O3S/c1-8-10-16(12(17)19-13(3,4)5)15(6)11(14-9-2)20(7)18/h9H,2,8,10H2,1,3-7H3. The highest BCUT2D eigenvalue weighted by Crippen LogP contribution is 2.12. The molecule has 0 saturated carbocycles. The zero-order valence-corrected chi connectivity index (χ0v) is 14.0. The topological polar surface area (TPSA) is 62.2 Å². The number of nitrogens with zero attached hydrogens (tertiary/aromatic N) is 3. The summed E-state index contributed by atoms with van der Waals surface area (Å²) in [4.78, 5) is 16.2. The molecule has 0 aliphatic carbocycles. The van der Waals surface area contributed by atoms with E-state index in [-0.39, 0.29) is 5.17 Å². The minimum Gasteiger partial charge on any atom is -0.442 e. The van der Waals surface area contributed by atoms with Crippen LogP contribution in [0.2, 0.25) is 0 Å². The first kappa shape index (κ1) is 18.6.